The van der Waals surface area contributed by atoms with Gasteiger partial charge in [-0.3, -0.25) is 14.2 Å². The lowest BCUT2D eigenvalue weighted by Crippen LogP contribution is -2.27. The topological polar surface area (TPSA) is 86.1 Å². The highest BCUT2D eigenvalue weighted by Crippen LogP contribution is 2.36. The molecule has 0 aliphatic rings. The molecule has 0 bridgehead atoms. The molecular weight excluding hydrogens is 408 g/mol. The fraction of sp³-hybridized carbons (Fsp3) is 0.200. The SMILES string of the molecule is CCOc1ccc(-c2c(C)sc3ncn(CC(=O)Nc4nccs4)c(=O)c23)cc1. The van der Waals surface area contributed by atoms with E-state index in [4.69, 9.17) is 4.74 Å². The van der Waals surface area contributed by atoms with Crippen LogP contribution < -0.4 is 15.6 Å². The van der Waals surface area contributed by atoms with E-state index in [9.17, 15) is 9.59 Å². The number of aryl methyl sites for hydroxylation is 1. The number of carbonyl (C=O) groups excluding carboxylic acids is 1. The Morgan fingerprint density at radius 2 is 2.03 bits per heavy atom. The van der Waals surface area contributed by atoms with Crippen LogP contribution >= 0.6 is 22.7 Å². The Bertz CT molecular complexity index is 1210. The van der Waals surface area contributed by atoms with Gasteiger partial charge in [-0.1, -0.05) is 12.1 Å². The second-order valence-corrected chi connectivity index (χ2v) is 8.33. The zero-order valence-electron chi connectivity index (χ0n) is 15.8. The maximum atomic E-state index is 13.2. The van der Waals surface area contributed by atoms with Crippen molar-refractivity contribution < 1.29 is 9.53 Å². The van der Waals surface area contributed by atoms with Gasteiger partial charge in [-0.05, 0) is 31.5 Å². The van der Waals surface area contributed by atoms with Crippen LogP contribution in [0.3, 0.4) is 0 Å². The molecule has 9 heteroatoms. The van der Waals surface area contributed by atoms with Gasteiger partial charge in [0.1, 0.15) is 17.1 Å². The predicted octanol–water partition coefficient (Wildman–Crippen LogP) is 3.93. The van der Waals surface area contributed by atoms with Crippen molar-refractivity contribution in [1.82, 2.24) is 14.5 Å². The van der Waals surface area contributed by atoms with Crippen molar-refractivity contribution in [2.24, 2.45) is 0 Å². The smallest absolute Gasteiger partial charge is 0.263 e. The van der Waals surface area contributed by atoms with E-state index in [1.807, 2.05) is 38.1 Å². The Hall–Kier alpha value is -3.04. The molecule has 0 saturated carbocycles. The van der Waals surface area contributed by atoms with Crippen molar-refractivity contribution in [2.45, 2.75) is 20.4 Å². The number of aromatic nitrogens is 3. The van der Waals surface area contributed by atoms with Crippen LogP contribution in [-0.2, 0) is 11.3 Å². The molecule has 3 heterocycles. The fourth-order valence-corrected chi connectivity index (χ4v) is 4.63. The van der Waals surface area contributed by atoms with Crippen LogP contribution in [0.1, 0.15) is 11.8 Å². The quantitative estimate of drug-likeness (QED) is 0.505. The molecule has 0 aliphatic carbocycles. The Morgan fingerprint density at radius 1 is 1.24 bits per heavy atom. The first-order chi connectivity index (χ1) is 14.1. The molecule has 148 valence electrons. The number of carbonyl (C=O) groups is 1. The lowest BCUT2D eigenvalue weighted by molar-refractivity contribution is -0.116. The number of fused-ring (bicyclic) bond motifs is 1. The van der Waals surface area contributed by atoms with Gasteiger partial charge >= 0.3 is 0 Å². The van der Waals surface area contributed by atoms with Gasteiger partial charge in [-0.25, -0.2) is 9.97 Å². The minimum absolute atomic E-state index is 0.126. The van der Waals surface area contributed by atoms with Crippen LogP contribution in [0.5, 0.6) is 5.75 Å². The molecule has 0 spiro atoms. The molecule has 0 radical (unpaired) electrons. The molecule has 1 amide bonds. The average Bonchev–Trinajstić information content (AvgIpc) is 3.32. The van der Waals surface area contributed by atoms with Gasteiger partial charge < -0.3 is 10.1 Å². The number of nitrogens with one attached hydrogen (secondary N) is 1. The van der Waals surface area contributed by atoms with Gasteiger partial charge in [-0.15, -0.1) is 22.7 Å². The number of nitrogens with zero attached hydrogens (tertiary/aromatic N) is 3. The standard InChI is InChI=1S/C20H18N4O3S2/c1-3-27-14-6-4-13(5-7-14)16-12(2)29-18-17(16)19(26)24(11-22-18)10-15(25)23-20-21-8-9-28-20/h4-9,11H,3,10H2,1-2H3,(H,21,23,25). The van der Waals surface area contributed by atoms with Gasteiger partial charge in [0.05, 0.1) is 18.3 Å². The maximum absolute atomic E-state index is 13.2. The van der Waals surface area contributed by atoms with Crippen LogP contribution in [0.4, 0.5) is 5.13 Å². The monoisotopic (exact) mass is 426 g/mol. The number of thiazole rings is 1. The molecule has 0 aliphatic heterocycles. The van der Waals surface area contributed by atoms with Gasteiger partial charge in [0.25, 0.3) is 5.56 Å². The summed E-state index contributed by atoms with van der Waals surface area (Å²) >= 11 is 2.79. The molecule has 29 heavy (non-hydrogen) atoms. The van der Waals surface area contributed by atoms with Gasteiger partial charge in [0, 0.05) is 22.0 Å². The van der Waals surface area contributed by atoms with Crippen LogP contribution in [-0.4, -0.2) is 27.0 Å². The van der Waals surface area contributed by atoms with Crippen LogP contribution in [0, 0.1) is 6.92 Å². The first kappa shape index (κ1) is 19.3. The highest BCUT2D eigenvalue weighted by atomic mass is 32.1. The molecule has 0 atom stereocenters. The summed E-state index contributed by atoms with van der Waals surface area (Å²) in [6.07, 6.45) is 3.03. The Morgan fingerprint density at radius 3 is 2.72 bits per heavy atom. The van der Waals surface area contributed by atoms with Gasteiger partial charge in [0.2, 0.25) is 5.91 Å². The number of benzene rings is 1. The lowest BCUT2D eigenvalue weighted by atomic mass is 10.0. The van der Waals surface area contributed by atoms with E-state index >= 15 is 0 Å². The minimum atomic E-state index is -0.322. The highest BCUT2D eigenvalue weighted by molar-refractivity contribution is 7.19. The number of hydrogen-bond acceptors (Lipinski definition) is 7. The lowest BCUT2D eigenvalue weighted by Gasteiger charge is -2.07. The van der Waals surface area contributed by atoms with E-state index in [1.165, 1.54) is 33.6 Å². The first-order valence-corrected chi connectivity index (χ1v) is 10.7. The van der Waals surface area contributed by atoms with Gasteiger partial charge in [0.15, 0.2) is 5.13 Å². The van der Waals surface area contributed by atoms with Crippen molar-refractivity contribution >= 4 is 43.9 Å². The van der Waals surface area contributed by atoms with E-state index < -0.39 is 0 Å². The molecule has 4 aromatic rings. The van der Waals surface area contributed by atoms with E-state index in [0.29, 0.717) is 22.0 Å². The van der Waals surface area contributed by atoms with E-state index in [-0.39, 0.29) is 18.0 Å². The molecule has 4 rings (SSSR count). The summed E-state index contributed by atoms with van der Waals surface area (Å²) < 4.78 is 6.83. The summed E-state index contributed by atoms with van der Waals surface area (Å²) in [5.41, 5.74) is 1.53. The highest BCUT2D eigenvalue weighted by Gasteiger charge is 2.18. The second-order valence-electron chi connectivity index (χ2n) is 6.23. The zero-order chi connectivity index (χ0) is 20.4. The summed E-state index contributed by atoms with van der Waals surface area (Å²) in [7, 11) is 0. The number of anilines is 1. The normalized spacial score (nSPS) is 11.0. The van der Waals surface area contributed by atoms with E-state index in [0.717, 1.165) is 21.8 Å². The van der Waals surface area contributed by atoms with Crippen molar-refractivity contribution in [2.75, 3.05) is 11.9 Å². The van der Waals surface area contributed by atoms with E-state index in [1.54, 1.807) is 11.6 Å². The minimum Gasteiger partial charge on any atom is -0.494 e. The Balaban J connectivity index is 1.70. The molecule has 1 aromatic carbocycles. The zero-order valence-corrected chi connectivity index (χ0v) is 17.5. The number of thiophene rings is 1. The summed E-state index contributed by atoms with van der Waals surface area (Å²) in [4.78, 5) is 35.5. The van der Waals surface area contributed by atoms with Crippen molar-refractivity contribution in [3.8, 4) is 16.9 Å². The van der Waals surface area contributed by atoms with Crippen molar-refractivity contribution in [3.05, 3.63) is 57.4 Å². The summed E-state index contributed by atoms with van der Waals surface area (Å²) in [5.74, 6) is 0.459. The summed E-state index contributed by atoms with van der Waals surface area (Å²) in [6.45, 7) is 4.37. The molecule has 1 N–H and O–H groups in total. The molecule has 0 fully saturated rings. The summed E-state index contributed by atoms with van der Waals surface area (Å²) in [6, 6.07) is 7.65. The molecule has 3 aromatic heterocycles. The molecule has 0 unspecified atom stereocenters. The third-order valence-corrected chi connectivity index (χ3v) is 6.00. The van der Waals surface area contributed by atoms with Crippen LogP contribution in [0.2, 0.25) is 0 Å². The Kier molecular flexibility index (Phi) is 5.41. The fourth-order valence-electron chi connectivity index (χ4n) is 3.08. The first-order valence-electron chi connectivity index (χ1n) is 8.98. The van der Waals surface area contributed by atoms with Gasteiger partial charge in [-0.2, -0.15) is 0 Å². The summed E-state index contributed by atoms with van der Waals surface area (Å²) in [5, 5.41) is 5.48. The third kappa shape index (κ3) is 3.92. The van der Waals surface area contributed by atoms with Crippen LogP contribution in [0.25, 0.3) is 21.3 Å². The molecular formula is C20H18N4O3S2. The average molecular weight is 427 g/mol. The number of rotatable bonds is 6. The number of ether oxygens (including phenoxy) is 1. The predicted molar refractivity (Wildman–Crippen MR) is 116 cm³/mol. The largest absolute Gasteiger partial charge is 0.494 e. The number of amides is 1. The molecule has 7 nitrogen and oxygen atoms in total. The molecule has 0 saturated heterocycles. The van der Waals surface area contributed by atoms with Crippen molar-refractivity contribution in [3.63, 3.8) is 0 Å². The second kappa shape index (κ2) is 8.14. The van der Waals surface area contributed by atoms with Crippen molar-refractivity contribution in [1.29, 1.82) is 0 Å². The third-order valence-electron chi connectivity index (χ3n) is 4.30. The van der Waals surface area contributed by atoms with Crippen LogP contribution in [0.15, 0.2) is 47.0 Å². The van der Waals surface area contributed by atoms with E-state index in [2.05, 4.69) is 15.3 Å². The Labute approximate surface area is 174 Å². The number of hydrogen-bond donors (Lipinski definition) is 1. The maximum Gasteiger partial charge on any atom is 0.263 e.